The van der Waals surface area contributed by atoms with Gasteiger partial charge in [-0.25, -0.2) is 0 Å². The summed E-state index contributed by atoms with van der Waals surface area (Å²) in [7, 11) is -2.82. The third-order valence-electron chi connectivity index (χ3n) is 9.65. The van der Waals surface area contributed by atoms with Crippen LogP contribution in [0.1, 0.15) is 48.4 Å². The zero-order chi connectivity index (χ0) is 45.4. The third-order valence-corrected chi connectivity index (χ3v) is 13.7. The van der Waals surface area contributed by atoms with E-state index >= 15 is 0 Å². The molecule has 1 radical (unpaired) electrons. The number of nitrogens with zero attached hydrogens (tertiary/aromatic N) is 2. The van der Waals surface area contributed by atoms with Crippen LogP contribution in [-0.2, 0) is 26.5 Å². The van der Waals surface area contributed by atoms with Crippen LogP contribution in [-0.4, -0.2) is 26.1 Å². The van der Waals surface area contributed by atoms with Gasteiger partial charge in [0.15, 0.2) is 0 Å². The number of benzene rings is 5. The first-order chi connectivity index (χ1) is 28.7. The molecule has 0 saturated carbocycles. The van der Waals surface area contributed by atoms with Gasteiger partial charge in [-0.1, -0.05) is 149 Å². The summed E-state index contributed by atoms with van der Waals surface area (Å²) < 4.78 is 70.8. The molecule has 283 valence electrons. The van der Waals surface area contributed by atoms with Crippen molar-refractivity contribution in [2.24, 2.45) is 5.41 Å². The summed E-state index contributed by atoms with van der Waals surface area (Å²) in [6.07, 6.45) is 1.28. The van der Waals surface area contributed by atoms with Gasteiger partial charge in [-0.05, 0) is 56.9 Å². The molecule has 0 aliphatic heterocycles. The number of fused-ring (bicyclic) bond motifs is 7. The van der Waals surface area contributed by atoms with Crippen molar-refractivity contribution < 1.29 is 35.5 Å². The number of rotatable bonds is 5. The summed E-state index contributed by atoms with van der Waals surface area (Å²) in [6, 6.07) is 35.9. The average molecular weight is 941 g/mol. The van der Waals surface area contributed by atoms with Gasteiger partial charge in [-0.15, -0.1) is 53.6 Å². The minimum absolute atomic E-state index is 0. The molecule has 0 atom stereocenters. The Bertz CT molecular complexity index is 2900. The Labute approximate surface area is 354 Å². The largest absolute Gasteiger partial charge is 0.500 e. The first-order valence-corrected chi connectivity index (χ1v) is 25.4. The van der Waals surface area contributed by atoms with E-state index in [0.29, 0.717) is 22.4 Å². The summed E-state index contributed by atoms with van der Waals surface area (Å²) in [5.74, 6) is 0. The number of aromatic nitrogens is 2. The Morgan fingerprint density at radius 1 is 0.691 bits per heavy atom. The first-order valence-electron chi connectivity index (χ1n) is 22.4. The van der Waals surface area contributed by atoms with E-state index in [1.807, 2.05) is 24.4 Å². The first kappa shape index (κ1) is 31.0. The SMILES string of the molecule is [2H]C([2H])([2H])c1c[c-]c(-c2ccc([Si](C)(C)C)cn2)cc1.[2H]C([2H])([2H])c1cnc(-c2[c-]ccc3c2oc2c3ccc3ccc4cc([Si](C)(C)C)ccc4c32)cc1C([2H])([2H])C(C)(C)C.[Ir]. The molecule has 0 fully saturated rings. The molecule has 5 aromatic carbocycles. The molecule has 6 heteroatoms. The van der Waals surface area contributed by atoms with E-state index in [9.17, 15) is 0 Å². The fraction of sp³-hybridized carbons (Fsp3) is 0.265. The molecule has 0 amide bonds. The molecule has 3 heterocycles. The molecule has 0 bridgehead atoms. The topological polar surface area (TPSA) is 38.9 Å². The summed E-state index contributed by atoms with van der Waals surface area (Å²) in [5, 5.41) is 9.02. The van der Waals surface area contributed by atoms with Crippen molar-refractivity contribution in [2.75, 3.05) is 0 Å². The van der Waals surface area contributed by atoms with Gasteiger partial charge in [0.1, 0.15) is 5.58 Å². The summed E-state index contributed by atoms with van der Waals surface area (Å²) >= 11 is 0. The van der Waals surface area contributed by atoms with Crippen molar-refractivity contribution >= 4 is 70.0 Å². The van der Waals surface area contributed by atoms with Crippen LogP contribution in [0.2, 0.25) is 39.3 Å². The van der Waals surface area contributed by atoms with E-state index in [1.54, 1.807) is 39.0 Å². The van der Waals surface area contributed by atoms with Crippen LogP contribution in [0.15, 0.2) is 108 Å². The van der Waals surface area contributed by atoms with E-state index in [0.717, 1.165) is 43.8 Å². The molecule has 8 rings (SSSR count). The second kappa shape index (κ2) is 15.4. The zero-order valence-electron chi connectivity index (χ0n) is 41.0. The van der Waals surface area contributed by atoms with E-state index in [1.165, 1.54) is 28.0 Å². The smallest absolute Gasteiger partial charge is 0.129 e. The number of hydrogen-bond donors (Lipinski definition) is 0. The summed E-state index contributed by atoms with van der Waals surface area (Å²) in [6.45, 7) is 14.6. The van der Waals surface area contributed by atoms with Crippen LogP contribution >= 0.6 is 0 Å². The minimum atomic E-state index is -2.51. The molecule has 0 aliphatic rings. The van der Waals surface area contributed by atoms with Crippen LogP contribution in [0, 0.1) is 31.3 Å². The molecule has 8 aromatic rings. The second-order valence-corrected chi connectivity index (χ2v) is 27.3. The maximum absolute atomic E-state index is 8.93. The Kier molecular flexibility index (Phi) is 8.66. The van der Waals surface area contributed by atoms with E-state index < -0.39 is 41.6 Å². The Hall–Kier alpha value is -4.20. The Balaban J connectivity index is 0.000000265. The molecular formula is C49H52IrN2OSi2-2. The van der Waals surface area contributed by atoms with Gasteiger partial charge in [0, 0.05) is 54.2 Å². The van der Waals surface area contributed by atoms with E-state index in [2.05, 4.69) is 110 Å². The Morgan fingerprint density at radius 2 is 1.38 bits per heavy atom. The normalized spacial score (nSPS) is 15.1. The number of furan rings is 1. The zero-order valence-corrected chi connectivity index (χ0v) is 37.3. The molecule has 55 heavy (non-hydrogen) atoms. The van der Waals surface area contributed by atoms with Crippen LogP contribution in [0.4, 0.5) is 0 Å². The van der Waals surface area contributed by atoms with Crippen LogP contribution in [0.3, 0.4) is 0 Å². The summed E-state index contributed by atoms with van der Waals surface area (Å²) in [5.41, 5.74) is 3.48. The average Bonchev–Trinajstić information content (AvgIpc) is 3.58. The van der Waals surface area contributed by atoms with Crippen LogP contribution < -0.4 is 10.4 Å². The van der Waals surface area contributed by atoms with Crippen molar-refractivity contribution in [3.05, 3.63) is 132 Å². The monoisotopic (exact) mass is 941 g/mol. The van der Waals surface area contributed by atoms with Gasteiger partial charge in [0.05, 0.1) is 21.7 Å². The number of aryl methyl sites for hydroxylation is 2. The second-order valence-electron chi connectivity index (χ2n) is 17.2. The molecule has 3 aromatic heterocycles. The van der Waals surface area contributed by atoms with Gasteiger partial charge in [-0.3, -0.25) is 0 Å². The van der Waals surface area contributed by atoms with Crippen LogP contribution in [0.5, 0.6) is 0 Å². The van der Waals surface area contributed by atoms with Gasteiger partial charge in [0.2, 0.25) is 0 Å². The molecule has 0 spiro atoms. The molecule has 0 unspecified atom stereocenters. The van der Waals surface area contributed by atoms with Crippen molar-refractivity contribution in [3.8, 4) is 22.5 Å². The molecule has 0 aliphatic carbocycles. The van der Waals surface area contributed by atoms with E-state index in [-0.39, 0.29) is 31.2 Å². The van der Waals surface area contributed by atoms with Crippen molar-refractivity contribution in [3.63, 3.8) is 0 Å². The van der Waals surface area contributed by atoms with Gasteiger partial charge in [-0.2, -0.15) is 0 Å². The van der Waals surface area contributed by atoms with Crippen molar-refractivity contribution in [1.82, 2.24) is 9.97 Å². The quantitative estimate of drug-likeness (QED) is 0.0980. The molecular weight excluding hydrogens is 881 g/mol. The minimum Gasteiger partial charge on any atom is -0.500 e. The fourth-order valence-corrected chi connectivity index (χ4v) is 8.89. The molecule has 0 N–H and O–H groups in total. The Morgan fingerprint density at radius 3 is 2.04 bits per heavy atom. The molecule has 3 nitrogen and oxygen atoms in total. The van der Waals surface area contributed by atoms with Gasteiger partial charge >= 0.3 is 0 Å². The predicted octanol–water partition coefficient (Wildman–Crippen LogP) is 12.6. The van der Waals surface area contributed by atoms with Gasteiger partial charge < -0.3 is 14.4 Å². The van der Waals surface area contributed by atoms with Crippen LogP contribution in [0.25, 0.3) is 66.0 Å². The van der Waals surface area contributed by atoms with Crippen molar-refractivity contribution in [1.29, 1.82) is 0 Å². The van der Waals surface area contributed by atoms with E-state index in [4.69, 9.17) is 15.4 Å². The number of pyridine rings is 2. The maximum Gasteiger partial charge on any atom is 0.129 e. The number of hydrogen-bond acceptors (Lipinski definition) is 3. The third kappa shape index (κ3) is 8.63. The van der Waals surface area contributed by atoms with Gasteiger partial charge in [0.25, 0.3) is 0 Å². The predicted molar refractivity (Wildman–Crippen MR) is 238 cm³/mol. The maximum atomic E-state index is 8.93. The standard InChI is InChI=1S/C34H34NOSi.C15H18NSi.Ir/c1-21-20-35-30(18-24(21)19-34(2,3)4)29-10-8-9-27-28-15-13-22-11-12-23-17-25(37(5,6)7)14-16-26(23)31(22)33(28)36-32(27)29;1-12-5-7-13(8-6-12)15-10-9-14(11-16-15)17(2,3)4;/h8-9,11-18,20H,19H2,1-7H3;5-7,9-11H,1-4H3;/q2*-1;/i1D3,19D2;1D3;. The van der Waals surface area contributed by atoms with Crippen molar-refractivity contribution in [2.45, 2.75) is 80.1 Å². The molecule has 0 saturated heterocycles. The fourth-order valence-electron chi connectivity index (χ4n) is 6.68. The summed E-state index contributed by atoms with van der Waals surface area (Å²) in [4.78, 5) is 8.99.